The van der Waals surface area contributed by atoms with Crippen LogP contribution in [0.2, 0.25) is 5.15 Å². The molecule has 206 valence electrons. The van der Waals surface area contributed by atoms with Crippen molar-refractivity contribution in [3.63, 3.8) is 0 Å². The molecule has 1 aliphatic rings. The molecule has 0 spiro atoms. The third-order valence-electron chi connectivity index (χ3n) is 6.77. The Morgan fingerprint density at radius 2 is 1.82 bits per heavy atom. The molecule has 4 aromatic rings. The second kappa shape index (κ2) is 10.9. The van der Waals surface area contributed by atoms with Gasteiger partial charge in [0.1, 0.15) is 34.0 Å². The van der Waals surface area contributed by atoms with Gasteiger partial charge in [0.25, 0.3) is 11.5 Å². The van der Waals surface area contributed by atoms with Gasteiger partial charge in [0, 0.05) is 36.8 Å². The zero-order chi connectivity index (χ0) is 28.6. The molecule has 12 heteroatoms. The lowest BCUT2D eigenvalue weighted by Gasteiger charge is -2.22. The SMILES string of the molecule is COc1cccc(OC)c1-n1c(-c2ccc(Cl)nc2)nc(=O)c(C(=O)N2CCC(c3ccc(F)cc3F)C2)c1O. The Balaban J connectivity index is 1.64. The zero-order valence-corrected chi connectivity index (χ0v) is 22.2. The molecule has 3 heterocycles. The highest BCUT2D eigenvalue weighted by molar-refractivity contribution is 6.29. The number of halogens is 3. The largest absolute Gasteiger partial charge is 0.494 e. The van der Waals surface area contributed by atoms with E-state index in [-0.39, 0.29) is 46.8 Å². The lowest BCUT2D eigenvalue weighted by molar-refractivity contribution is 0.0784. The van der Waals surface area contributed by atoms with Gasteiger partial charge in [-0.2, -0.15) is 4.98 Å². The summed E-state index contributed by atoms with van der Waals surface area (Å²) in [6.07, 6.45) is 1.75. The molecule has 1 atom stereocenters. The molecule has 2 aromatic carbocycles. The molecule has 0 radical (unpaired) electrons. The molecule has 0 bridgehead atoms. The highest BCUT2D eigenvalue weighted by atomic mass is 35.5. The van der Waals surface area contributed by atoms with E-state index in [1.165, 1.54) is 42.0 Å². The van der Waals surface area contributed by atoms with Crippen LogP contribution >= 0.6 is 11.6 Å². The zero-order valence-electron chi connectivity index (χ0n) is 21.4. The summed E-state index contributed by atoms with van der Waals surface area (Å²) in [6.45, 7) is 0.237. The molecule has 0 aliphatic carbocycles. The second-order valence-corrected chi connectivity index (χ2v) is 9.45. The Morgan fingerprint density at radius 3 is 2.45 bits per heavy atom. The molecule has 1 amide bonds. The molecule has 1 unspecified atom stereocenters. The topological polar surface area (TPSA) is 107 Å². The molecule has 1 fully saturated rings. The van der Waals surface area contributed by atoms with Crippen LogP contribution in [0.1, 0.15) is 28.3 Å². The number of aromatic nitrogens is 3. The highest BCUT2D eigenvalue weighted by Crippen LogP contribution is 2.39. The van der Waals surface area contributed by atoms with Gasteiger partial charge in [0.15, 0.2) is 11.4 Å². The lowest BCUT2D eigenvalue weighted by atomic mass is 9.98. The summed E-state index contributed by atoms with van der Waals surface area (Å²) in [5.74, 6) is -2.85. The Kier molecular flexibility index (Phi) is 7.40. The Hall–Kier alpha value is -4.51. The number of ether oxygens (including phenoxy) is 2. The van der Waals surface area contributed by atoms with Crippen molar-refractivity contribution in [2.75, 3.05) is 27.3 Å². The van der Waals surface area contributed by atoms with Crippen molar-refractivity contribution in [1.29, 1.82) is 0 Å². The number of carbonyl (C=O) groups excluding carboxylic acids is 1. The number of hydrogen-bond donors (Lipinski definition) is 1. The standard InChI is InChI=1S/C28H23ClF2N4O5/c1-39-20-4-3-5-21(40-2)24(20)35-25(15-6-9-22(29)32-13-15)33-26(36)23(28(35)38)27(37)34-11-10-16(14-34)18-8-7-17(30)12-19(18)31/h3-9,12-13,16,38H,10-11,14H2,1-2H3. The smallest absolute Gasteiger partial charge is 0.290 e. The molecular weight excluding hydrogens is 546 g/mol. The minimum absolute atomic E-state index is 0.0429. The van der Waals surface area contributed by atoms with Crippen LogP contribution < -0.4 is 15.0 Å². The number of pyridine rings is 1. The molecule has 40 heavy (non-hydrogen) atoms. The monoisotopic (exact) mass is 568 g/mol. The maximum absolute atomic E-state index is 14.4. The third kappa shape index (κ3) is 4.84. The second-order valence-electron chi connectivity index (χ2n) is 9.06. The molecule has 2 aromatic heterocycles. The predicted molar refractivity (Wildman–Crippen MR) is 142 cm³/mol. The van der Waals surface area contributed by atoms with Crippen LogP contribution in [0, 0.1) is 11.6 Å². The van der Waals surface area contributed by atoms with Crippen LogP contribution in [0.15, 0.2) is 59.5 Å². The first-order valence-corrected chi connectivity index (χ1v) is 12.5. The van der Waals surface area contributed by atoms with Crippen LogP contribution in [-0.2, 0) is 0 Å². The fraction of sp³-hybridized carbons (Fsp3) is 0.214. The molecule has 1 saturated heterocycles. The maximum atomic E-state index is 14.4. The minimum Gasteiger partial charge on any atom is -0.494 e. The van der Waals surface area contributed by atoms with Gasteiger partial charge in [-0.15, -0.1) is 0 Å². The molecule has 5 rings (SSSR count). The molecule has 0 saturated carbocycles. The van der Waals surface area contributed by atoms with E-state index in [1.54, 1.807) is 24.3 Å². The average molecular weight is 569 g/mol. The van der Waals surface area contributed by atoms with Crippen molar-refractivity contribution in [3.8, 4) is 34.5 Å². The fourth-order valence-electron chi connectivity index (χ4n) is 4.85. The van der Waals surface area contributed by atoms with E-state index in [1.807, 2.05) is 0 Å². The van der Waals surface area contributed by atoms with Gasteiger partial charge in [-0.05, 0) is 42.3 Å². The van der Waals surface area contributed by atoms with Crippen LogP contribution in [0.3, 0.4) is 0 Å². The Morgan fingerprint density at radius 1 is 1.10 bits per heavy atom. The van der Waals surface area contributed by atoms with Gasteiger partial charge >= 0.3 is 0 Å². The van der Waals surface area contributed by atoms with E-state index in [2.05, 4.69) is 9.97 Å². The van der Waals surface area contributed by atoms with E-state index in [9.17, 15) is 23.5 Å². The summed E-state index contributed by atoms with van der Waals surface area (Å²) in [4.78, 5) is 36.5. The van der Waals surface area contributed by atoms with E-state index >= 15 is 0 Å². The van der Waals surface area contributed by atoms with Gasteiger partial charge in [0.05, 0.1) is 14.2 Å². The molecular formula is C28H23ClF2N4O5. The minimum atomic E-state index is -0.978. The molecule has 1 aliphatic heterocycles. The average Bonchev–Trinajstić information content (AvgIpc) is 3.43. The van der Waals surface area contributed by atoms with E-state index in [0.29, 0.717) is 12.0 Å². The van der Waals surface area contributed by atoms with Gasteiger partial charge in [0.2, 0.25) is 5.88 Å². The van der Waals surface area contributed by atoms with Gasteiger partial charge < -0.3 is 19.5 Å². The number of hydrogen-bond acceptors (Lipinski definition) is 7. The fourth-order valence-corrected chi connectivity index (χ4v) is 4.96. The van der Waals surface area contributed by atoms with Crippen LogP contribution in [0.5, 0.6) is 17.4 Å². The molecule has 9 nitrogen and oxygen atoms in total. The normalized spacial score (nSPS) is 14.8. The maximum Gasteiger partial charge on any atom is 0.290 e. The number of para-hydroxylation sites is 1. The summed E-state index contributed by atoms with van der Waals surface area (Å²) in [5.41, 5.74) is -0.797. The number of carbonyl (C=O) groups is 1. The number of aromatic hydroxyl groups is 1. The molecule has 1 N–H and O–H groups in total. The van der Waals surface area contributed by atoms with Gasteiger partial charge in [-0.1, -0.05) is 23.7 Å². The lowest BCUT2D eigenvalue weighted by Crippen LogP contribution is -2.34. The van der Waals surface area contributed by atoms with Gasteiger partial charge in [-0.3, -0.25) is 14.2 Å². The van der Waals surface area contributed by atoms with E-state index in [4.69, 9.17) is 21.1 Å². The number of methoxy groups -OCH3 is 2. The first-order valence-electron chi connectivity index (χ1n) is 12.2. The number of likely N-dealkylation sites (tertiary alicyclic amines) is 1. The Labute approximate surface area is 232 Å². The van der Waals surface area contributed by atoms with Crippen LogP contribution in [-0.4, -0.2) is 57.8 Å². The van der Waals surface area contributed by atoms with Gasteiger partial charge in [-0.25, -0.2) is 13.8 Å². The quantitative estimate of drug-likeness (QED) is 0.339. The number of rotatable bonds is 6. The van der Waals surface area contributed by atoms with E-state index in [0.717, 1.165) is 12.1 Å². The summed E-state index contributed by atoms with van der Waals surface area (Å²) in [5, 5.41) is 11.8. The van der Waals surface area contributed by atoms with Crippen LogP contribution in [0.25, 0.3) is 17.1 Å². The summed E-state index contributed by atoms with van der Waals surface area (Å²) >= 11 is 5.95. The summed E-state index contributed by atoms with van der Waals surface area (Å²) in [7, 11) is 2.83. The first kappa shape index (κ1) is 27.1. The third-order valence-corrected chi connectivity index (χ3v) is 6.99. The van der Waals surface area contributed by atoms with Crippen molar-refractivity contribution in [3.05, 3.63) is 93.0 Å². The van der Waals surface area contributed by atoms with Crippen molar-refractivity contribution >= 4 is 17.5 Å². The Bertz CT molecular complexity index is 1640. The number of benzene rings is 2. The highest BCUT2D eigenvalue weighted by Gasteiger charge is 2.34. The number of amides is 1. The van der Waals surface area contributed by atoms with Crippen LogP contribution in [0.4, 0.5) is 8.78 Å². The van der Waals surface area contributed by atoms with Crippen molar-refractivity contribution < 1.29 is 28.2 Å². The summed E-state index contributed by atoms with van der Waals surface area (Å²) in [6, 6.07) is 11.2. The van der Waals surface area contributed by atoms with E-state index < -0.39 is 40.5 Å². The number of nitrogens with zero attached hydrogens (tertiary/aromatic N) is 4. The first-order chi connectivity index (χ1) is 19.2. The predicted octanol–water partition coefficient (Wildman–Crippen LogP) is 4.58. The van der Waals surface area contributed by atoms with Crippen molar-refractivity contribution in [2.24, 2.45) is 0 Å². The van der Waals surface area contributed by atoms with Crippen molar-refractivity contribution in [2.45, 2.75) is 12.3 Å². The summed E-state index contributed by atoms with van der Waals surface area (Å²) < 4.78 is 40.0. The van der Waals surface area contributed by atoms with Crippen molar-refractivity contribution in [1.82, 2.24) is 19.4 Å².